The highest BCUT2D eigenvalue weighted by Crippen LogP contribution is 2.64. The van der Waals surface area contributed by atoms with Crippen LogP contribution < -0.4 is 10.6 Å². The van der Waals surface area contributed by atoms with Crippen molar-refractivity contribution in [1.29, 1.82) is 0 Å². The van der Waals surface area contributed by atoms with Crippen molar-refractivity contribution >= 4 is 47.0 Å². The van der Waals surface area contributed by atoms with Gasteiger partial charge in [-0.15, -0.1) is 11.3 Å². The molecule has 2 aromatic carbocycles. The summed E-state index contributed by atoms with van der Waals surface area (Å²) in [5.41, 5.74) is -6.83. The Hall–Kier alpha value is -5.46. The lowest BCUT2D eigenvalue weighted by molar-refractivity contribution is -0.346. The lowest BCUT2D eigenvalue weighted by atomic mass is 9.44. The molecular weight excluding hydrogens is 837 g/mol. The third-order valence-corrected chi connectivity index (χ3v) is 14.4. The average molecular weight is 889 g/mol. The van der Waals surface area contributed by atoms with Crippen LogP contribution in [-0.2, 0) is 49.4 Å². The molecule has 3 aromatic rings. The first kappa shape index (κ1) is 45.6. The smallest absolute Gasteiger partial charge is 0.338 e. The number of carbonyl (C=O) groups excluding carboxylic acids is 6. The van der Waals surface area contributed by atoms with Gasteiger partial charge in [0.2, 0.25) is 0 Å². The molecule has 1 aromatic heterocycles. The van der Waals surface area contributed by atoms with Gasteiger partial charge in [-0.05, 0) is 54.1 Å². The van der Waals surface area contributed by atoms with Crippen LogP contribution in [0.4, 0.5) is 4.79 Å². The summed E-state index contributed by atoms with van der Waals surface area (Å²) in [5.74, 6) is -6.24. The topological polar surface area (TPSA) is 233 Å². The second-order valence-electron chi connectivity index (χ2n) is 17.4. The van der Waals surface area contributed by atoms with Crippen molar-refractivity contribution in [3.05, 3.63) is 105 Å². The van der Waals surface area contributed by atoms with Gasteiger partial charge in [0.25, 0.3) is 0 Å². The molecule has 0 spiro atoms. The fourth-order valence-corrected chi connectivity index (χ4v) is 10.9. The number of nitrogens with one attached hydrogen (secondary N) is 2. The Labute approximate surface area is 367 Å². The number of amides is 2. The molecular formula is C46H52N2O14S. The fraction of sp³-hybridized carbons (Fsp3) is 0.478. The number of rotatable bonds is 11. The maximum atomic E-state index is 15.5. The first-order valence-corrected chi connectivity index (χ1v) is 21.5. The van der Waals surface area contributed by atoms with Gasteiger partial charge in [-0.25, -0.2) is 14.4 Å². The van der Waals surface area contributed by atoms with Crippen LogP contribution in [0.5, 0.6) is 0 Å². The molecule has 336 valence electrons. The van der Waals surface area contributed by atoms with Gasteiger partial charge in [-0.3, -0.25) is 14.4 Å². The molecule has 11 atom stereocenters. The Morgan fingerprint density at radius 2 is 1.59 bits per heavy atom. The number of fused-ring (bicyclic) bond motifs is 5. The Kier molecular flexibility index (Phi) is 12.5. The van der Waals surface area contributed by atoms with E-state index in [2.05, 4.69) is 10.6 Å². The van der Waals surface area contributed by atoms with E-state index in [-0.39, 0.29) is 36.3 Å². The number of ketones is 1. The molecule has 4 aliphatic rings. The van der Waals surface area contributed by atoms with Crippen LogP contribution >= 0.6 is 11.3 Å². The van der Waals surface area contributed by atoms with E-state index < -0.39 is 113 Å². The molecule has 7 rings (SSSR count). The highest BCUT2D eigenvalue weighted by molar-refractivity contribution is 7.10. The van der Waals surface area contributed by atoms with E-state index in [1.54, 1.807) is 49.6 Å². The molecule has 9 unspecified atom stereocenters. The summed E-state index contributed by atoms with van der Waals surface area (Å²) in [4.78, 5) is 83.6. The molecule has 63 heavy (non-hydrogen) atoms. The number of ether oxygens (including phenoxy) is 5. The fourth-order valence-electron chi connectivity index (χ4n) is 10.1. The molecule has 3 fully saturated rings. The summed E-state index contributed by atoms with van der Waals surface area (Å²) in [6.07, 6.45) is -10.5. The number of urea groups is 1. The predicted molar refractivity (Wildman–Crippen MR) is 223 cm³/mol. The Bertz CT molecular complexity index is 2280. The van der Waals surface area contributed by atoms with Gasteiger partial charge in [-0.1, -0.05) is 68.4 Å². The van der Waals surface area contributed by atoms with Crippen molar-refractivity contribution in [3.8, 4) is 0 Å². The van der Waals surface area contributed by atoms with E-state index in [1.165, 1.54) is 37.3 Å². The molecule has 2 saturated carbocycles. The minimum absolute atomic E-state index is 0.00174. The minimum Gasteiger partial charge on any atom is -0.456 e. The van der Waals surface area contributed by atoms with E-state index in [4.69, 9.17) is 23.7 Å². The Morgan fingerprint density at radius 1 is 0.921 bits per heavy atom. The van der Waals surface area contributed by atoms with Crippen LogP contribution in [-0.4, -0.2) is 105 Å². The zero-order valence-corrected chi connectivity index (χ0v) is 36.5. The van der Waals surface area contributed by atoms with Crippen LogP contribution in [0, 0.1) is 16.7 Å². The maximum Gasteiger partial charge on any atom is 0.338 e. The van der Waals surface area contributed by atoms with Gasteiger partial charge in [-0.2, -0.15) is 0 Å². The molecule has 2 heterocycles. The third kappa shape index (κ3) is 7.94. The van der Waals surface area contributed by atoms with Crippen molar-refractivity contribution < 1.29 is 67.8 Å². The molecule has 3 aliphatic carbocycles. The third-order valence-electron chi connectivity index (χ3n) is 13.4. The van der Waals surface area contributed by atoms with Crippen LogP contribution in [0.25, 0.3) is 0 Å². The van der Waals surface area contributed by atoms with Crippen LogP contribution in [0.15, 0.2) is 89.3 Å². The Morgan fingerprint density at radius 3 is 2.17 bits per heavy atom. The summed E-state index contributed by atoms with van der Waals surface area (Å²) < 4.78 is 30.3. The molecule has 2 bridgehead atoms. The number of hydrogen-bond acceptors (Lipinski definition) is 15. The molecule has 5 N–H and O–H groups in total. The monoisotopic (exact) mass is 888 g/mol. The van der Waals surface area contributed by atoms with Crippen LogP contribution in [0.1, 0.15) is 81.2 Å². The van der Waals surface area contributed by atoms with Crippen LogP contribution in [0.2, 0.25) is 0 Å². The van der Waals surface area contributed by atoms with Gasteiger partial charge in [0.1, 0.15) is 30.0 Å². The van der Waals surface area contributed by atoms with Crippen molar-refractivity contribution in [2.75, 3.05) is 6.61 Å². The number of carbonyl (C=O) groups is 6. The molecule has 1 saturated heterocycles. The quantitative estimate of drug-likeness (QED) is 0.105. The number of Topliss-reactive ketones (excluding diaryl/α,β-unsaturated/α-hetero) is 1. The second-order valence-corrected chi connectivity index (χ2v) is 18.4. The number of thiophene rings is 1. The first-order chi connectivity index (χ1) is 29.8. The van der Waals surface area contributed by atoms with Gasteiger partial charge in [0.15, 0.2) is 23.6 Å². The van der Waals surface area contributed by atoms with Crippen LogP contribution in [0.3, 0.4) is 0 Å². The first-order valence-electron chi connectivity index (χ1n) is 20.7. The zero-order chi connectivity index (χ0) is 45.6. The van der Waals surface area contributed by atoms with Crippen molar-refractivity contribution in [3.63, 3.8) is 0 Å². The average Bonchev–Trinajstić information content (AvgIpc) is 3.78. The van der Waals surface area contributed by atoms with Gasteiger partial charge < -0.3 is 49.6 Å². The zero-order valence-electron chi connectivity index (χ0n) is 35.7. The summed E-state index contributed by atoms with van der Waals surface area (Å²) in [5, 5.41) is 44.5. The summed E-state index contributed by atoms with van der Waals surface area (Å²) in [6, 6.07) is 18.2. The number of aliphatic hydroxyl groups is 3. The predicted octanol–water partition coefficient (Wildman–Crippen LogP) is 3.87. The second kappa shape index (κ2) is 17.3. The lowest BCUT2D eigenvalue weighted by Crippen LogP contribution is -2.82. The number of benzene rings is 2. The van der Waals surface area contributed by atoms with Gasteiger partial charge >= 0.3 is 29.9 Å². The standard InChI is InChI=1S/C46H52N2O14S/c1-24-29(60-41(55)35(52)34(30-18-13-19-63-30)48-42(56)47-22-27-14-9-7-10-15-27)21-46(57)39(61-40(54)28-16-11-8-12-17-28)37-44(6,31(51)20-32-45(37,23-58-32)62-26(3)50)38(53)36(59-25(2)49)33(24)43(46,4)5/h7-19,29,31-32,34-37,39,51-52,57H,20-23H2,1-6H3,(H2,47,48,56)/t29?,31?,32?,34?,35?,36?,37?,39?,44-,45+,46?/m1/s1. The summed E-state index contributed by atoms with van der Waals surface area (Å²) in [6.45, 7) is 8.12. The highest BCUT2D eigenvalue weighted by atomic mass is 32.1. The Balaban J connectivity index is 1.34. The lowest BCUT2D eigenvalue weighted by Gasteiger charge is -2.67. The maximum absolute atomic E-state index is 15.5. The minimum atomic E-state index is -2.39. The molecule has 16 nitrogen and oxygen atoms in total. The van der Waals surface area contributed by atoms with E-state index in [0.29, 0.717) is 4.88 Å². The van der Waals surface area contributed by atoms with Crippen molar-refractivity contribution in [2.24, 2.45) is 16.7 Å². The number of esters is 4. The molecule has 1 aliphatic heterocycles. The number of hydrogen-bond donors (Lipinski definition) is 5. The van der Waals surface area contributed by atoms with E-state index in [0.717, 1.165) is 19.4 Å². The largest absolute Gasteiger partial charge is 0.456 e. The van der Waals surface area contributed by atoms with Crippen molar-refractivity contribution in [1.82, 2.24) is 10.6 Å². The summed E-state index contributed by atoms with van der Waals surface area (Å²) in [7, 11) is 0. The van der Waals surface area contributed by atoms with E-state index >= 15 is 4.79 Å². The summed E-state index contributed by atoms with van der Waals surface area (Å²) >= 11 is 1.17. The number of aliphatic hydroxyl groups excluding tert-OH is 2. The SMILES string of the molecule is CC(=O)OC1C(=O)[C@]2(C)C(O)CC3OC[C@@]3(OC(C)=O)C2C(OC(=O)c2ccccc2)C2(O)CC(OC(=O)C(O)C(NC(=O)NCc3ccccc3)c3cccs3)C(C)=C1C2(C)C. The van der Waals surface area contributed by atoms with Crippen molar-refractivity contribution in [2.45, 2.75) is 115 Å². The highest BCUT2D eigenvalue weighted by Gasteiger charge is 2.78. The molecule has 2 amide bonds. The molecule has 17 heteroatoms. The normalized spacial score (nSPS) is 31.5. The van der Waals surface area contributed by atoms with E-state index in [1.807, 2.05) is 30.3 Å². The molecule has 0 radical (unpaired) electrons. The van der Waals surface area contributed by atoms with E-state index in [9.17, 15) is 39.3 Å². The van der Waals surface area contributed by atoms with Gasteiger partial charge in [0, 0.05) is 43.5 Å². The van der Waals surface area contributed by atoms with Gasteiger partial charge in [0.05, 0.1) is 29.6 Å².